The number of amides is 5. The summed E-state index contributed by atoms with van der Waals surface area (Å²) in [5.74, 6) is -3.55. The number of unbranched alkanes of at least 4 members (excludes halogenated alkanes) is 5. The number of carbonyl (C=O) groups excluding carboxylic acids is 5. The van der Waals surface area contributed by atoms with Crippen molar-refractivity contribution in [2.75, 3.05) is 53.4 Å². The van der Waals surface area contributed by atoms with Crippen molar-refractivity contribution in [3.63, 3.8) is 0 Å². The largest absolute Gasteiger partial charge is 0.494 e. The zero-order valence-electron chi connectivity index (χ0n) is 57.3. The Balaban J connectivity index is 1.20. The van der Waals surface area contributed by atoms with Crippen molar-refractivity contribution in [3.8, 4) is 5.75 Å². The van der Waals surface area contributed by atoms with Crippen LogP contribution in [0.25, 0.3) is 0 Å². The summed E-state index contributed by atoms with van der Waals surface area (Å²) >= 11 is 0. The molecule has 6 rings (SSSR count). The van der Waals surface area contributed by atoms with Crippen molar-refractivity contribution in [2.24, 2.45) is 0 Å². The highest BCUT2D eigenvalue weighted by molar-refractivity contribution is 5.94. The molecule has 29 atom stereocenters. The minimum atomic E-state index is -2.06. The topological polar surface area (TPSA) is 528 Å². The second kappa shape index (κ2) is 41.0. The van der Waals surface area contributed by atoms with Gasteiger partial charge in [0, 0.05) is 40.4 Å². The molecule has 5 aliphatic heterocycles. The van der Waals surface area contributed by atoms with Gasteiger partial charge in [-0.05, 0) is 57.7 Å². The van der Waals surface area contributed by atoms with Crippen LogP contribution in [0.3, 0.4) is 0 Å². The van der Waals surface area contributed by atoms with Gasteiger partial charge in [-0.2, -0.15) is 0 Å². The van der Waals surface area contributed by atoms with Crippen molar-refractivity contribution >= 4 is 29.5 Å². The Morgan fingerprint density at radius 1 is 0.560 bits per heavy atom. The quantitative estimate of drug-likeness (QED) is 0.0167. The Morgan fingerprint density at radius 2 is 1.12 bits per heavy atom. The van der Waals surface area contributed by atoms with E-state index in [9.17, 15) is 90.4 Å². The summed E-state index contributed by atoms with van der Waals surface area (Å²) in [7, 11) is 1.21. The summed E-state index contributed by atoms with van der Waals surface area (Å²) < 4.78 is 78.1. The van der Waals surface area contributed by atoms with Crippen LogP contribution >= 0.6 is 0 Å². The molecule has 18 N–H and O–H groups in total. The molecule has 5 heterocycles. The summed E-state index contributed by atoms with van der Waals surface area (Å²) in [6.45, 7) is 3.98. The Labute approximate surface area is 578 Å². The Hall–Kier alpha value is -4.89. The number of nitrogens with one attached hydrogen (secondary N) is 5. The zero-order chi connectivity index (χ0) is 73.7. The van der Waals surface area contributed by atoms with Crippen LogP contribution in [0.5, 0.6) is 5.75 Å². The SMILES string of the molecule is CCCCCC/C=C\CCCOc1cccc(C(=O)N[C@@H]2C(O[C@H]3C(O)C(NC(C)=O)[C@H](OC(C)C(CO)O[C@@H](O[C@H]4C(O)C(NC(C)=O)C(OC5C(CO[C@@H]6OC(C)C(O)[C@H](O)[C@H]6OC)OC(O)[C@@H](NC(C)=O)[C@H]5O)O[C@H]4CO)[C@H](CO)NC(C)=O)O[C@H]3CO)OC(CO)[C@@H](O)C2O)c1. The van der Waals surface area contributed by atoms with Crippen molar-refractivity contribution in [3.05, 3.63) is 42.0 Å². The molecule has 1 aromatic carbocycles. The van der Waals surface area contributed by atoms with Crippen molar-refractivity contribution in [2.45, 2.75) is 271 Å². The van der Waals surface area contributed by atoms with Gasteiger partial charge in [-0.3, -0.25) is 24.0 Å². The predicted molar refractivity (Wildman–Crippen MR) is 340 cm³/mol. The Kier molecular flexibility index (Phi) is 34.4. The molecule has 36 nitrogen and oxygen atoms in total. The first-order valence-corrected chi connectivity index (χ1v) is 33.6. The van der Waals surface area contributed by atoms with Crippen LogP contribution in [-0.4, -0.2) is 327 Å². The fraction of sp³-hybridized carbons (Fsp3) is 0.797. The van der Waals surface area contributed by atoms with E-state index < -0.39 is 247 Å². The lowest BCUT2D eigenvalue weighted by atomic mass is 9.94. The average molecular weight is 1440 g/mol. The highest BCUT2D eigenvalue weighted by Gasteiger charge is 2.56. The molecule has 0 bridgehead atoms. The standard InChI is InChI=1S/C64H105N5O31/c1-9-10-11-12-13-14-15-16-17-21-89-36-20-18-19-35(22-36)58(86)69-44-49(81)48(80)39(25-72)95-62(44)99-55-41(27-74)96-61(45(51(55)83)67-33(6)77)91-29(2)38(24-71)94-60(37(23-70)65-31(4)75)98-54-40(26-73)97-63(46(52(54)84)68-34(7)78)100-56-42(93-59(87)43(50(56)82)66-32(5)76)28-90-64-57(88-8)53(85)47(79)30(3)92-64/h14-15,18-20,22,29-30,37-57,59-64,70-74,79-85,87H,9-13,16-17,21,23-28H2,1-8H3,(H,65,75)(H,66,76)(H,67,77)(H,68,78)(H,69,86)/b15-14-/t29?,30?,37-,38?,39?,40-,41-,42?,43-,44-,45?,46?,47?,48+,49?,50+,51?,52?,53-,54+,55+,56?,57+,59?,60-,61+,62?,63?,64+/m0/s1. The molecule has 1 aromatic rings. The third-order valence-corrected chi connectivity index (χ3v) is 17.6. The normalized spacial score (nSPS) is 36.0. The molecular weight excluding hydrogens is 1330 g/mol. The molecule has 0 saturated carbocycles. The van der Waals surface area contributed by atoms with E-state index in [0.29, 0.717) is 18.8 Å². The average Bonchev–Trinajstić information content (AvgIpc) is 0.778. The summed E-state index contributed by atoms with van der Waals surface area (Å²) in [6, 6.07) is -2.16. The van der Waals surface area contributed by atoms with Gasteiger partial charge in [-0.1, -0.05) is 44.4 Å². The predicted octanol–water partition coefficient (Wildman–Crippen LogP) is -6.08. The molecule has 5 amide bonds. The van der Waals surface area contributed by atoms with Crippen molar-refractivity contribution in [1.29, 1.82) is 0 Å². The van der Waals surface area contributed by atoms with Gasteiger partial charge < -0.3 is 155 Å². The number of aliphatic hydroxyl groups excluding tert-OH is 13. The van der Waals surface area contributed by atoms with Gasteiger partial charge in [0.15, 0.2) is 37.7 Å². The van der Waals surface area contributed by atoms with E-state index in [0.717, 1.165) is 53.4 Å². The highest BCUT2D eigenvalue weighted by atomic mass is 16.8. The van der Waals surface area contributed by atoms with Crippen LogP contribution in [0.1, 0.15) is 104 Å². The monoisotopic (exact) mass is 1440 g/mol. The van der Waals surface area contributed by atoms with E-state index in [4.69, 9.17) is 61.6 Å². The number of allylic oxidation sites excluding steroid dienone is 2. The maximum atomic E-state index is 13.9. The minimum Gasteiger partial charge on any atom is -0.494 e. The molecule has 0 radical (unpaired) electrons. The molecule has 36 heteroatoms. The van der Waals surface area contributed by atoms with Gasteiger partial charge in [0.05, 0.1) is 58.5 Å². The number of benzene rings is 1. The highest BCUT2D eigenvalue weighted by Crippen LogP contribution is 2.35. The third-order valence-electron chi connectivity index (χ3n) is 17.6. The first-order chi connectivity index (χ1) is 47.6. The number of hydrogen-bond acceptors (Lipinski definition) is 31. The van der Waals surface area contributed by atoms with Crippen molar-refractivity contribution in [1.82, 2.24) is 26.6 Å². The Morgan fingerprint density at radius 3 is 1.71 bits per heavy atom. The van der Waals surface area contributed by atoms with Gasteiger partial charge in [-0.25, -0.2) is 0 Å². The van der Waals surface area contributed by atoms with Gasteiger partial charge in [-0.15, -0.1) is 0 Å². The van der Waals surface area contributed by atoms with Crippen LogP contribution < -0.4 is 31.3 Å². The number of aliphatic hydroxyl groups is 13. The lowest BCUT2D eigenvalue weighted by Crippen LogP contribution is -2.70. The summed E-state index contributed by atoms with van der Waals surface area (Å²) in [4.78, 5) is 64.8. The first kappa shape index (κ1) is 84.1. The van der Waals surface area contributed by atoms with E-state index in [-0.39, 0.29) is 5.56 Å². The zero-order valence-corrected chi connectivity index (χ0v) is 57.3. The summed E-state index contributed by atoms with van der Waals surface area (Å²) in [5, 5.41) is 157. The number of ether oxygens (including phenoxy) is 13. The fourth-order valence-electron chi connectivity index (χ4n) is 12.2. The maximum absolute atomic E-state index is 13.9. The second-order valence-corrected chi connectivity index (χ2v) is 25.3. The minimum absolute atomic E-state index is 0.0579. The molecule has 5 fully saturated rings. The lowest BCUT2D eigenvalue weighted by molar-refractivity contribution is -0.354. The van der Waals surface area contributed by atoms with E-state index in [1.807, 2.05) is 0 Å². The van der Waals surface area contributed by atoms with Crippen molar-refractivity contribution < 1.29 is 152 Å². The molecule has 100 heavy (non-hydrogen) atoms. The molecule has 572 valence electrons. The van der Waals surface area contributed by atoms with E-state index in [1.165, 1.54) is 45.9 Å². The fourth-order valence-corrected chi connectivity index (χ4v) is 12.2. The number of carbonyl (C=O) groups is 5. The van der Waals surface area contributed by atoms with E-state index in [2.05, 4.69) is 45.7 Å². The smallest absolute Gasteiger partial charge is 0.251 e. The molecule has 0 aromatic heterocycles. The number of rotatable bonds is 37. The molecule has 0 spiro atoms. The van der Waals surface area contributed by atoms with Gasteiger partial charge >= 0.3 is 0 Å². The van der Waals surface area contributed by atoms with Gasteiger partial charge in [0.1, 0.15) is 134 Å². The molecule has 5 saturated heterocycles. The molecule has 5 aliphatic rings. The second-order valence-electron chi connectivity index (χ2n) is 25.3. The lowest BCUT2D eigenvalue weighted by Gasteiger charge is -2.49. The van der Waals surface area contributed by atoms with Crippen LogP contribution in [0.2, 0.25) is 0 Å². The van der Waals surface area contributed by atoms with E-state index in [1.54, 1.807) is 12.1 Å². The van der Waals surface area contributed by atoms with Crippen LogP contribution in [0.4, 0.5) is 0 Å². The van der Waals surface area contributed by atoms with E-state index >= 15 is 0 Å². The van der Waals surface area contributed by atoms with Gasteiger partial charge in [0.25, 0.3) is 5.91 Å². The molecule has 15 unspecified atom stereocenters. The summed E-state index contributed by atoms with van der Waals surface area (Å²) in [6.07, 6.45) is -29.2. The van der Waals surface area contributed by atoms with Crippen LogP contribution in [0.15, 0.2) is 36.4 Å². The number of methoxy groups -OCH3 is 1. The maximum Gasteiger partial charge on any atom is 0.251 e. The van der Waals surface area contributed by atoms with Crippen LogP contribution in [0, 0.1) is 0 Å². The molecular formula is C64H105N5O31. The third kappa shape index (κ3) is 22.8. The molecule has 0 aliphatic carbocycles. The first-order valence-electron chi connectivity index (χ1n) is 33.6. The van der Waals surface area contributed by atoms with Crippen LogP contribution in [-0.2, 0) is 76.0 Å². The summed E-state index contributed by atoms with van der Waals surface area (Å²) in [5.41, 5.74) is 0.0579. The number of hydrogen-bond donors (Lipinski definition) is 18. The van der Waals surface area contributed by atoms with Gasteiger partial charge in [0.2, 0.25) is 23.6 Å². The Bertz CT molecular complexity index is 2700.